The third-order valence-corrected chi connectivity index (χ3v) is 2.28. The lowest BCUT2D eigenvalue weighted by Gasteiger charge is -2.07. The number of carbonyl (C=O) groups excluding carboxylic acids is 2. The van der Waals surface area contributed by atoms with Crippen LogP contribution in [0.15, 0.2) is 24.3 Å². The average Bonchev–Trinajstić information content (AvgIpc) is 2.27. The minimum absolute atomic E-state index is 0.0921. The van der Waals surface area contributed by atoms with Gasteiger partial charge in [-0.25, -0.2) is 4.79 Å². The molecule has 1 aromatic carbocycles. The highest BCUT2D eigenvalue weighted by Gasteiger charge is 2.04. The van der Waals surface area contributed by atoms with E-state index in [-0.39, 0.29) is 19.1 Å². The lowest BCUT2D eigenvalue weighted by Crippen LogP contribution is -2.30. The van der Waals surface area contributed by atoms with Crippen LogP contribution in [0.1, 0.15) is 11.1 Å². The van der Waals surface area contributed by atoms with Crippen LogP contribution in [0.4, 0.5) is 4.79 Å². The SMILES string of the molecule is Cc1ccccc1CC(=O)NCCOC(N)=O. The van der Waals surface area contributed by atoms with E-state index in [1.807, 2.05) is 31.2 Å². The number of hydrogen-bond acceptors (Lipinski definition) is 3. The Balaban J connectivity index is 2.30. The molecule has 0 aliphatic rings. The van der Waals surface area contributed by atoms with E-state index in [0.717, 1.165) is 11.1 Å². The number of rotatable bonds is 5. The molecule has 0 saturated carbocycles. The van der Waals surface area contributed by atoms with Gasteiger partial charge in [-0.05, 0) is 18.1 Å². The fourth-order valence-electron chi connectivity index (χ4n) is 1.39. The molecule has 0 fully saturated rings. The Labute approximate surface area is 99.9 Å². The maximum Gasteiger partial charge on any atom is 0.404 e. The van der Waals surface area contributed by atoms with Crippen molar-refractivity contribution in [2.75, 3.05) is 13.2 Å². The molecule has 5 heteroatoms. The monoisotopic (exact) mass is 236 g/mol. The number of ether oxygens (including phenoxy) is 1. The Hall–Kier alpha value is -2.04. The molecule has 0 aliphatic carbocycles. The maximum atomic E-state index is 11.5. The molecule has 5 nitrogen and oxygen atoms in total. The fourth-order valence-corrected chi connectivity index (χ4v) is 1.39. The van der Waals surface area contributed by atoms with Gasteiger partial charge in [-0.15, -0.1) is 0 Å². The summed E-state index contributed by atoms with van der Waals surface area (Å²) in [5.74, 6) is -0.104. The summed E-state index contributed by atoms with van der Waals surface area (Å²) in [6.45, 7) is 2.32. The van der Waals surface area contributed by atoms with Crippen molar-refractivity contribution in [2.24, 2.45) is 5.73 Å². The van der Waals surface area contributed by atoms with Crippen LogP contribution in [0.25, 0.3) is 0 Å². The van der Waals surface area contributed by atoms with E-state index in [1.165, 1.54) is 0 Å². The molecular weight excluding hydrogens is 220 g/mol. The molecule has 0 aliphatic heterocycles. The first-order valence-electron chi connectivity index (χ1n) is 5.33. The number of aryl methyl sites for hydroxylation is 1. The van der Waals surface area contributed by atoms with Crippen molar-refractivity contribution >= 4 is 12.0 Å². The van der Waals surface area contributed by atoms with Crippen LogP contribution in [0, 0.1) is 6.92 Å². The molecule has 0 bridgehead atoms. The molecule has 17 heavy (non-hydrogen) atoms. The van der Waals surface area contributed by atoms with Crippen molar-refractivity contribution < 1.29 is 14.3 Å². The number of nitrogens with one attached hydrogen (secondary N) is 1. The van der Waals surface area contributed by atoms with Gasteiger partial charge >= 0.3 is 6.09 Å². The number of carbonyl (C=O) groups is 2. The van der Waals surface area contributed by atoms with E-state index in [1.54, 1.807) is 0 Å². The molecule has 0 heterocycles. The van der Waals surface area contributed by atoms with Gasteiger partial charge in [0.25, 0.3) is 0 Å². The van der Waals surface area contributed by atoms with Crippen molar-refractivity contribution in [1.29, 1.82) is 0 Å². The predicted octanol–water partition coefficient (Wildman–Crippen LogP) is 0.749. The topological polar surface area (TPSA) is 81.4 Å². The van der Waals surface area contributed by atoms with Gasteiger partial charge in [0.05, 0.1) is 13.0 Å². The van der Waals surface area contributed by atoms with Crippen molar-refractivity contribution in [1.82, 2.24) is 5.32 Å². The summed E-state index contributed by atoms with van der Waals surface area (Å²) < 4.78 is 4.49. The molecule has 0 atom stereocenters. The Bertz CT molecular complexity index is 404. The van der Waals surface area contributed by atoms with Gasteiger partial charge < -0.3 is 15.8 Å². The Kier molecular flexibility index (Phi) is 5.00. The van der Waals surface area contributed by atoms with Crippen LogP contribution in [0.2, 0.25) is 0 Å². The molecule has 92 valence electrons. The van der Waals surface area contributed by atoms with Crippen LogP contribution in [-0.4, -0.2) is 25.2 Å². The third kappa shape index (κ3) is 5.01. The van der Waals surface area contributed by atoms with Gasteiger partial charge in [0.1, 0.15) is 6.61 Å². The lowest BCUT2D eigenvalue weighted by molar-refractivity contribution is -0.120. The van der Waals surface area contributed by atoms with Crippen molar-refractivity contribution in [3.05, 3.63) is 35.4 Å². The fraction of sp³-hybridized carbons (Fsp3) is 0.333. The number of amides is 2. The Morgan fingerprint density at radius 3 is 2.71 bits per heavy atom. The molecule has 0 unspecified atom stereocenters. The molecule has 1 aromatic rings. The zero-order valence-electron chi connectivity index (χ0n) is 9.73. The van der Waals surface area contributed by atoms with Gasteiger partial charge in [0.15, 0.2) is 0 Å². The van der Waals surface area contributed by atoms with Gasteiger partial charge in [-0.1, -0.05) is 24.3 Å². The summed E-state index contributed by atoms with van der Waals surface area (Å²) >= 11 is 0. The number of nitrogens with two attached hydrogens (primary N) is 1. The summed E-state index contributed by atoms with van der Waals surface area (Å²) in [5.41, 5.74) is 6.85. The quantitative estimate of drug-likeness (QED) is 0.740. The smallest absolute Gasteiger partial charge is 0.404 e. The van der Waals surface area contributed by atoms with Crippen LogP contribution in [0.3, 0.4) is 0 Å². The normalized spacial score (nSPS) is 9.71. The second-order valence-electron chi connectivity index (χ2n) is 3.62. The second kappa shape index (κ2) is 6.52. The Morgan fingerprint density at radius 2 is 2.06 bits per heavy atom. The zero-order chi connectivity index (χ0) is 12.7. The van der Waals surface area contributed by atoms with Gasteiger partial charge in [-0.3, -0.25) is 4.79 Å². The number of benzene rings is 1. The first kappa shape index (κ1) is 13.0. The van der Waals surface area contributed by atoms with E-state index in [2.05, 4.69) is 10.1 Å². The summed E-state index contributed by atoms with van der Waals surface area (Å²) in [7, 11) is 0. The molecule has 0 spiro atoms. The highest BCUT2D eigenvalue weighted by molar-refractivity contribution is 5.78. The molecule has 0 aromatic heterocycles. The van der Waals surface area contributed by atoms with Crippen LogP contribution in [0.5, 0.6) is 0 Å². The minimum atomic E-state index is -0.835. The highest BCUT2D eigenvalue weighted by atomic mass is 16.5. The summed E-state index contributed by atoms with van der Waals surface area (Å²) in [5, 5.41) is 2.64. The average molecular weight is 236 g/mol. The molecule has 0 radical (unpaired) electrons. The van der Waals surface area contributed by atoms with Crippen molar-refractivity contribution in [3.8, 4) is 0 Å². The van der Waals surface area contributed by atoms with Crippen molar-refractivity contribution in [2.45, 2.75) is 13.3 Å². The molecule has 1 rings (SSSR count). The molecule has 2 amide bonds. The van der Waals surface area contributed by atoms with Crippen molar-refractivity contribution in [3.63, 3.8) is 0 Å². The summed E-state index contributed by atoms with van der Waals surface area (Å²) in [6, 6.07) is 7.69. The van der Waals surface area contributed by atoms with Crippen LogP contribution in [-0.2, 0) is 16.0 Å². The minimum Gasteiger partial charge on any atom is -0.448 e. The van der Waals surface area contributed by atoms with E-state index in [4.69, 9.17) is 5.73 Å². The number of primary amides is 1. The van der Waals surface area contributed by atoms with Gasteiger partial charge in [0, 0.05) is 0 Å². The van der Waals surface area contributed by atoms with E-state index >= 15 is 0 Å². The van der Waals surface area contributed by atoms with E-state index in [9.17, 15) is 9.59 Å². The highest BCUT2D eigenvalue weighted by Crippen LogP contribution is 2.07. The number of hydrogen-bond donors (Lipinski definition) is 2. The zero-order valence-corrected chi connectivity index (χ0v) is 9.73. The van der Waals surface area contributed by atoms with Gasteiger partial charge in [-0.2, -0.15) is 0 Å². The summed E-state index contributed by atoms with van der Waals surface area (Å²) in [4.78, 5) is 21.8. The predicted molar refractivity (Wildman–Crippen MR) is 63.4 cm³/mol. The van der Waals surface area contributed by atoms with Gasteiger partial charge in [0.2, 0.25) is 5.91 Å². The third-order valence-electron chi connectivity index (χ3n) is 2.28. The summed E-state index contributed by atoms with van der Waals surface area (Å²) in [6.07, 6.45) is -0.512. The molecule has 3 N–H and O–H groups in total. The second-order valence-corrected chi connectivity index (χ2v) is 3.62. The standard InChI is InChI=1S/C12H16N2O3/c1-9-4-2-3-5-10(9)8-11(15)14-6-7-17-12(13)16/h2-5H,6-8H2,1H3,(H2,13,16)(H,14,15). The van der Waals surface area contributed by atoms with E-state index in [0.29, 0.717) is 6.42 Å². The first-order chi connectivity index (χ1) is 8.09. The van der Waals surface area contributed by atoms with Crippen LogP contribution >= 0.6 is 0 Å². The largest absolute Gasteiger partial charge is 0.448 e. The van der Waals surface area contributed by atoms with E-state index < -0.39 is 6.09 Å². The lowest BCUT2D eigenvalue weighted by atomic mass is 10.1. The van der Waals surface area contributed by atoms with Crippen LogP contribution < -0.4 is 11.1 Å². The molecule has 0 saturated heterocycles. The molecular formula is C12H16N2O3. The maximum absolute atomic E-state index is 11.5. The Morgan fingerprint density at radius 1 is 1.35 bits per heavy atom. The first-order valence-corrected chi connectivity index (χ1v) is 5.33.